The lowest BCUT2D eigenvalue weighted by molar-refractivity contribution is 0.322. The Morgan fingerprint density at radius 3 is 2.31 bits per heavy atom. The molecule has 2 atom stereocenters. The van der Waals surface area contributed by atoms with E-state index in [0.29, 0.717) is 5.92 Å². The van der Waals surface area contributed by atoms with Crippen LogP contribution in [0.2, 0.25) is 0 Å². The quantitative estimate of drug-likeness (QED) is 0.787. The Kier molecular flexibility index (Phi) is 4.62. The topological polar surface area (TPSA) is 47.1 Å². The lowest BCUT2D eigenvalue weighted by Crippen LogP contribution is -2.28. The average molecular weight is 346 g/mol. The van der Waals surface area contributed by atoms with Gasteiger partial charge in [0.25, 0.3) is 0 Å². The maximum absolute atomic E-state index is 6.46. The molecule has 1 aromatic heterocycles. The second-order valence-corrected chi connectivity index (χ2v) is 7.27. The fourth-order valence-corrected chi connectivity index (χ4v) is 4.04. The van der Waals surface area contributed by atoms with Crippen molar-refractivity contribution < 1.29 is 0 Å². The van der Waals surface area contributed by atoms with Crippen molar-refractivity contribution in [2.24, 2.45) is 5.73 Å². The number of hydrogen-bond acceptors (Lipinski definition) is 3. The highest BCUT2D eigenvalue weighted by Gasteiger charge is 2.32. The Morgan fingerprint density at radius 1 is 0.962 bits per heavy atom. The third-order valence-corrected chi connectivity index (χ3v) is 5.49. The van der Waals surface area contributed by atoms with E-state index in [1.165, 1.54) is 16.8 Å². The molecule has 1 aliphatic rings. The first-order chi connectivity index (χ1) is 12.6. The molecule has 1 fully saturated rings. The van der Waals surface area contributed by atoms with Crippen LogP contribution in [0.4, 0.5) is 0 Å². The number of aryl methyl sites for hydroxylation is 1. The fourth-order valence-electron chi connectivity index (χ4n) is 4.04. The molecule has 2 N–H and O–H groups in total. The first-order valence-corrected chi connectivity index (χ1v) is 9.27. The molecule has 0 bridgehead atoms. The maximum Gasteiger partial charge on any atom is 0.0648 e. The highest BCUT2D eigenvalue weighted by atomic mass is 15.3. The van der Waals surface area contributed by atoms with E-state index in [-0.39, 0.29) is 6.04 Å². The monoisotopic (exact) mass is 346 g/mol. The molecule has 26 heavy (non-hydrogen) atoms. The van der Waals surface area contributed by atoms with Gasteiger partial charge in [-0.15, -0.1) is 0 Å². The lowest BCUT2D eigenvalue weighted by Gasteiger charge is -2.16. The molecule has 2 heterocycles. The predicted molar refractivity (Wildman–Crippen MR) is 105 cm³/mol. The van der Waals surface area contributed by atoms with Gasteiger partial charge in [0, 0.05) is 42.9 Å². The van der Waals surface area contributed by atoms with Gasteiger partial charge in [0.2, 0.25) is 0 Å². The van der Waals surface area contributed by atoms with Gasteiger partial charge in [-0.3, -0.25) is 4.90 Å². The Morgan fingerprint density at radius 2 is 1.62 bits per heavy atom. The molecule has 1 saturated heterocycles. The molecule has 0 radical (unpaired) electrons. The van der Waals surface area contributed by atoms with Gasteiger partial charge >= 0.3 is 0 Å². The van der Waals surface area contributed by atoms with Gasteiger partial charge in [-0.05, 0) is 31.5 Å². The summed E-state index contributed by atoms with van der Waals surface area (Å²) in [4.78, 5) is 2.47. The molecule has 4 nitrogen and oxygen atoms in total. The summed E-state index contributed by atoms with van der Waals surface area (Å²) in [6, 6.07) is 21.2. The van der Waals surface area contributed by atoms with Crippen molar-refractivity contribution in [3.8, 4) is 5.69 Å². The van der Waals surface area contributed by atoms with Gasteiger partial charge in [-0.25, -0.2) is 4.68 Å². The summed E-state index contributed by atoms with van der Waals surface area (Å²) in [7, 11) is 0. The van der Waals surface area contributed by atoms with Crippen LogP contribution in [0.25, 0.3) is 5.69 Å². The van der Waals surface area contributed by atoms with Gasteiger partial charge < -0.3 is 5.73 Å². The van der Waals surface area contributed by atoms with Crippen LogP contribution >= 0.6 is 0 Å². The number of aromatic nitrogens is 2. The number of likely N-dealkylation sites (tertiary alicyclic amines) is 1. The molecule has 0 amide bonds. The average Bonchev–Trinajstić information content (AvgIpc) is 3.17. The second-order valence-electron chi connectivity index (χ2n) is 7.27. The van der Waals surface area contributed by atoms with E-state index < -0.39 is 0 Å². The first kappa shape index (κ1) is 17.0. The van der Waals surface area contributed by atoms with Crippen LogP contribution in [0.5, 0.6) is 0 Å². The normalized spacial score (nSPS) is 20.6. The SMILES string of the molecule is Cc1nn(-c2ccccc2)c(C)c1CN1C[C@@H](N)[C@H](c2ccccc2)C1. The van der Waals surface area contributed by atoms with Crippen molar-refractivity contribution in [1.82, 2.24) is 14.7 Å². The molecule has 4 rings (SSSR count). The highest BCUT2D eigenvalue weighted by Crippen LogP contribution is 2.29. The summed E-state index contributed by atoms with van der Waals surface area (Å²) in [6.45, 7) is 7.09. The fraction of sp³-hybridized carbons (Fsp3) is 0.318. The van der Waals surface area contributed by atoms with Crippen molar-refractivity contribution in [1.29, 1.82) is 0 Å². The molecule has 4 heteroatoms. The summed E-state index contributed by atoms with van der Waals surface area (Å²) in [6.07, 6.45) is 0. The van der Waals surface area contributed by atoms with E-state index in [1.54, 1.807) is 0 Å². The maximum atomic E-state index is 6.46. The van der Waals surface area contributed by atoms with Crippen molar-refractivity contribution >= 4 is 0 Å². The van der Waals surface area contributed by atoms with Gasteiger partial charge in [0.15, 0.2) is 0 Å². The van der Waals surface area contributed by atoms with Crippen molar-refractivity contribution in [3.63, 3.8) is 0 Å². The third kappa shape index (κ3) is 3.18. The smallest absolute Gasteiger partial charge is 0.0648 e. The molecule has 0 aliphatic carbocycles. The van der Waals surface area contributed by atoms with E-state index in [0.717, 1.165) is 31.0 Å². The molecule has 0 saturated carbocycles. The van der Waals surface area contributed by atoms with Crippen LogP contribution in [-0.2, 0) is 6.54 Å². The Bertz CT molecular complexity index is 870. The number of para-hydroxylation sites is 1. The Hall–Kier alpha value is -2.43. The van der Waals surface area contributed by atoms with Crippen molar-refractivity contribution in [2.45, 2.75) is 32.4 Å². The van der Waals surface area contributed by atoms with E-state index in [4.69, 9.17) is 10.8 Å². The zero-order valence-corrected chi connectivity index (χ0v) is 15.5. The first-order valence-electron chi connectivity index (χ1n) is 9.27. The van der Waals surface area contributed by atoms with Crippen molar-refractivity contribution in [3.05, 3.63) is 83.2 Å². The van der Waals surface area contributed by atoms with E-state index >= 15 is 0 Å². The standard InChI is InChI=1S/C22H26N4/c1-16-20(17(2)26(24-16)19-11-7-4-8-12-19)13-25-14-21(22(23)15-25)18-9-5-3-6-10-18/h3-12,21-22H,13-15,23H2,1-2H3/t21-,22+/m0/s1. The summed E-state index contributed by atoms with van der Waals surface area (Å²) in [5.74, 6) is 0.404. The molecule has 0 unspecified atom stereocenters. The minimum absolute atomic E-state index is 0.183. The molecule has 134 valence electrons. The number of hydrogen-bond donors (Lipinski definition) is 1. The van der Waals surface area contributed by atoms with Crippen LogP contribution in [0, 0.1) is 13.8 Å². The lowest BCUT2D eigenvalue weighted by atomic mass is 9.95. The summed E-state index contributed by atoms with van der Waals surface area (Å²) >= 11 is 0. The van der Waals surface area contributed by atoms with Gasteiger partial charge in [-0.1, -0.05) is 48.5 Å². The highest BCUT2D eigenvalue weighted by molar-refractivity contribution is 5.37. The van der Waals surface area contributed by atoms with Gasteiger partial charge in [0.05, 0.1) is 11.4 Å². The van der Waals surface area contributed by atoms with E-state index in [9.17, 15) is 0 Å². The number of benzene rings is 2. The number of nitrogens with zero attached hydrogens (tertiary/aromatic N) is 3. The number of rotatable bonds is 4. The summed E-state index contributed by atoms with van der Waals surface area (Å²) in [5.41, 5.74) is 12.5. The van der Waals surface area contributed by atoms with E-state index in [2.05, 4.69) is 78.0 Å². The van der Waals surface area contributed by atoms with Crippen LogP contribution < -0.4 is 5.73 Å². The molecule has 1 aliphatic heterocycles. The largest absolute Gasteiger partial charge is 0.326 e. The number of nitrogens with two attached hydrogens (primary N) is 1. The van der Waals surface area contributed by atoms with Crippen LogP contribution in [0.1, 0.15) is 28.4 Å². The van der Waals surface area contributed by atoms with Gasteiger partial charge in [0.1, 0.15) is 0 Å². The zero-order valence-electron chi connectivity index (χ0n) is 15.5. The predicted octanol–water partition coefficient (Wildman–Crippen LogP) is 3.42. The Labute approximate surface area is 155 Å². The van der Waals surface area contributed by atoms with Crippen LogP contribution in [0.3, 0.4) is 0 Å². The van der Waals surface area contributed by atoms with Gasteiger partial charge in [-0.2, -0.15) is 5.10 Å². The third-order valence-electron chi connectivity index (χ3n) is 5.49. The minimum Gasteiger partial charge on any atom is -0.326 e. The zero-order chi connectivity index (χ0) is 18.1. The van der Waals surface area contributed by atoms with Crippen molar-refractivity contribution in [2.75, 3.05) is 13.1 Å². The van der Waals surface area contributed by atoms with Crippen LogP contribution in [0.15, 0.2) is 60.7 Å². The van der Waals surface area contributed by atoms with E-state index in [1.807, 2.05) is 6.07 Å². The van der Waals surface area contributed by atoms with Crippen LogP contribution in [-0.4, -0.2) is 33.8 Å². The molecular weight excluding hydrogens is 320 g/mol. The second kappa shape index (κ2) is 7.06. The summed E-state index contributed by atoms with van der Waals surface area (Å²) in [5, 5.41) is 4.78. The molecule has 2 aromatic carbocycles. The molecular formula is C22H26N4. The molecule has 3 aromatic rings. The molecule has 0 spiro atoms. The summed E-state index contributed by atoms with van der Waals surface area (Å²) < 4.78 is 2.05. The Balaban J connectivity index is 1.54. The minimum atomic E-state index is 0.183.